The molecule has 6 heteroatoms. The van der Waals surface area contributed by atoms with E-state index in [1.807, 2.05) is 31.3 Å². The number of ether oxygens (including phenoxy) is 1. The fourth-order valence-electron chi connectivity index (χ4n) is 1.96. The fraction of sp³-hybridized carbons (Fsp3) is 0.200. The molecule has 5 nitrogen and oxygen atoms in total. The number of hydrogen-bond donors (Lipinski definition) is 1. The first-order valence-corrected chi connectivity index (χ1v) is 6.75. The van der Waals surface area contributed by atoms with E-state index in [1.54, 1.807) is 6.92 Å². The predicted molar refractivity (Wildman–Crippen MR) is 82.1 cm³/mol. The average molecular weight is 307 g/mol. The first kappa shape index (κ1) is 15.3. The van der Waals surface area contributed by atoms with Gasteiger partial charge in [-0.05, 0) is 25.6 Å². The van der Waals surface area contributed by atoms with Crippen molar-refractivity contribution < 1.29 is 9.66 Å². The van der Waals surface area contributed by atoms with E-state index in [4.69, 9.17) is 16.3 Å². The van der Waals surface area contributed by atoms with Crippen molar-refractivity contribution in [3.8, 4) is 11.5 Å². The van der Waals surface area contributed by atoms with E-state index in [0.717, 1.165) is 5.56 Å². The van der Waals surface area contributed by atoms with E-state index in [-0.39, 0.29) is 10.7 Å². The largest absolute Gasteiger partial charge is 0.457 e. The summed E-state index contributed by atoms with van der Waals surface area (Å²) in [5.74, 6) is 1.20. The summed E-state index contributed by atoms with van der Waals surface area (Å²) in [4.78, 5) is 10.3. The van der Waals surface area contributed by atoms with E-state index < -0.39 is 4.92 Å². The monoisotopic (exact) mass is 306 g/mol. The molecule has 2 aromatic rings. The molecule has 0 amide bonds. The minimum absolute atomic E-state index is 0.0618. The molecule has 0 spiro atoms. The van der Waals surface area contributed by atoms with Crippen LogP contribution in [0.3, 0.4) is 0 Å². The van der Waals surface area contributed by atoms with Gasteiger partial charge in [0.05, 0.1) is 4.92 Å². The van der Waals surface area contributed by atoms with E-state index in [9.17, 15) is 10.1 Å². The number of rotatable bonds is 5. The molecule has 0 bridgehead atoms. The first-order valence-electron chi connectivity index (χ1n) is 6.38. The Morgan fingerprint density at radius 3 is 2.67 bits per heavy atom. The Kier molecular flexibility index (Phi) is 4.77. The van der Waals surface area contributed by atoms with Gasteiger partial charge >= 0.3 is 0 Å². The molecule has 1 N–H and O–H groups in total. The second kappa shape index (κ2) is 6.56. The highest BCUT2D eigenvalue weighted by Crippen LogP contribution is 2.35. The van der Waals surface area contributed by atoms with Gasteiger partial charge in [-0.15, -0.1) is 0 Å². The highest BCUT2D eigenvalue weighted by molar-refractivity contribution is 6.32. The van der Waals surface area contributed by atoms with Crippen molar-refractivity contribution in [3.05, 3.63) is 62.7 Å². The number of benzene rings is 2. The van der Waals surface area contributed by atoms with Crippen LogP contribution in [0.2, 0.25) is 5.02 Å². The molecule has 2 aromatic carbocycles. The number of para-hydroxylation sites is 1. The van der Waals surface area contributed by atoms with Crippen LogP contribution in [0.5, 0.6) is 11.5 Å². The molecular weight excluding hydrogens is 292 g/mol. The second-order valence-electron chi connectivity index (χ2n) is 4.57. The molecule has 0 aliphatic heterocycles. The maximum atomic E-state index is 10.9. The highest BCUT2D eigenvalue weighted by Gasteiger charge is 2.16. The second-order valence-corrected chi connectivity index (χ2v) is 4.97. The van der Waals surface area contributed by atoms with Crippen molar-refractivity contribution in [1.82, 2.24) is 5.32 Å². The van der Waals surface area contributed by atoms with Gasteiger partial charge in [0, 0.05) is 24.2 Å². The standard InChI is InChI=1S/C15H15ClN2O3/c1-10-7-13(18(19)20)12(16)8-15(10)21-14-6-4-3-5-11(14)9-17-2/h3-8,17H,9H2,1-2H3. The molecule has 0 aliphatic carbocycles. The molecule has 2 rings (SSSR count). The van der Waals surface area contributed by atoms with Crippen LogP contribution in [0.15, 0.2) is 36.4 Å². The third-order valence-electron chi connectivity index (χ3n) is 3.00. The highest BCUT2D eigenvalue weighted by atomic mass is 35.5. The van der Waals surface area contributed by atoms with Gasteiger partial charge in [0.2, 0.25) is 0 Å². The van der Waals surface area contributed by atoms with Gasteiger partial charge in [-0.25, -0.2) is 0 Å². The minimum Gasteiger partial charge on any atom is -0.457 e. The quantitative estimate of drug-likeness (QED) is 0.668. The van der Waals surface area contributed by atoms with Crippen molar-refractivity contribution in [2.75, 3.05) is 7.05 Å². The molecule has 0 heterocycles. The van der Waals surface area contributed by atoms with Crippen LogP contribution in [-0.4, -0.2) is 12.0 Å². The SMILES string of the molecule is CNCc1ccccc1Oc1cc(Cl)c([N+](=O)[O-])cc1C. The van der Waals surface area contributed by atoms with E-state index >= 15 is 0 Å². The summed E-state index contributed by atoms with van der Waals surface area (Å²) < 4.78 is 5.86. The number of aryl methyl sites for hydroxylation is 1. The lowest BCUT2D eigenvalue weighted by Gasteiger charge is -2.13. The topological polar surface area (TPSA) is 64.4 Å². The Balaban J connectivity index is 2.36. The van der Waals surface area contributed by atoms with Crippen molar-refractivity contribution >= 4 is 17.3 Å². The lowest BCUT2D eigenvalue weighted by atomic mass is 10.1. The van der Waals surface area contributed by atoms with Crippen LogP contribution >= 0.6 is 11.6 Å². The van der Waals surface area contributed by atoms with Crippen LogP contribution in [0.1, 0.15) is 11.1 Å². The number of halogens is 1. The number of hydrogen-bond acceptors (Lipinski definition) is 4. The summed E-state index contributed by atoms with van der Waals surface area (Å²) >= 11 is 5.93. The molecule has 0 radical (unpaired) electrons. The van der Waals surface area contributed by atoms with Crippen LogP contribution < -0.4 is 10.1 Å². The fourth-order valence-corrected chi connectivity index (χ4v) is 2.18. The predicted octanol–water partition coefficient (Wildman–Crippen LogP) is 4.07. The summed E-state index contributed by atoms with van der Waals surface area (Å²) in [6.07, 6.45) is 0. The summed E-state index contributed by atoms with van der Waals surface area (Å²) in [5.41, 5.74) is 1.53. The normalized spacial score (nSPS) is 10.4. The Bertz CT molecular complexity index is 674. The molecule has 0 aliphatic rings. The maximum Gasteiger partial charge on any atom is 0.288 e. The Hall–Kier alpha value is -2.11. The molecule has 0 unspecified atom stereocenters. The van der Waals surface area contributed by atoms with Gasteiger partial charge in [-0.3, -0.25) is 10.1 Å². The van der Waals surface area contributed by atoms with Gasteiger partial charge in [-0.1, -0.05) is 29.8 Å². The van der Waals surface area contributed by atoms with Gasteiger partial charge in [0.1, 0.15) is 16.5 Å². The number of nitrogens with zero attached hydrogens (tertiary/aromatic N) is 1. The van der Waals surface area contributed by atoms with Gasteiger partial charge < -0.3 is 10.1 Å². The Labute approximate surface area is 127 Å². The summed E-state index contributed by atoms with van der Waals surface area (Å²) in [6, 6.07) is 10.5. The minimum atomic E-state index is -0.506. The average Bonchev–Trinajstić information content (AvgIpc) is 2.44. The van der Waals surface area contributed by atoms with Crippen molar-refractivity contribution in [2.45, 2.75) is 13.5 Å². The summed E-state index contributed by atoms with van der Waals surface area (Å²) in [7, 11) is 1.85. The van der Waals surface area contributed by atoms with Crippen LogP contribution in [0.25, 0.3) is 0 Å². The van der Waals surface area contributed by atoms with Crippen LogP contribution in [0.4, 0.5) is 5.69 Å². The molecule has 110 valence electrons. The smallest absolute Gasteiger partial charge is 0.288 e. The third-order valence-corrected chi connectivity index (χ3v) is 3.30. The van der Waals surface area contributed by atoms with Gasteiger partial charge in [0.25, 0.3) is 5.69 Å². The Morgan fingerprint density at radius 2 is 2.00 bits per heavy atom. The molecule has 0 aromatic heterocycles. The first-order chi connectivity index (χ1) is 10.0. The number of nitrogens with one attached hydrogen (secondary N) is 1. The number of nitro benzene ring substituents is 1. The summed E-state index contributed by atoms with van der Waals surface area (Å²) in [6.45, 7) is 2.41. The number of nitro groups is 1. The molecule has 21 heavy (non-hydrogen) atoms. The van der Waals surface area contributed by atoms with E-state index in [1.165, 1.54) is 12.1 Å². The molecule has 0 atom stereocenters. The molecular formula is C15H15ClN2O3. The molecule has 0 fully saturated rings. The zero-order valence-corrected chi connectivity index (χ0v) is 12.5. The lowest BCUT2D eigenvalue weighted by Crippen LogP contribution is -2.06. The van der Waals surface area contributed by atoms with Crippen molar-refractivity contribution in [2.24, 2.45) is 0 Å². The van der Waals surface area contributed by atoms with E-state index in [2.05, 4.69) is 5.32 Å². The molecule has 0 saturated carbocycles. The van der Waals surface area contributed by atoms with E-state index in [0.29, 0.717) is 23.6 Å². The maximum absolute atomic E-state index is 10.9. The molecule has 0 saturated heterocycles. The third kappa shape index (κ3) is 3.51. The summed E-state index contributed by atoms with van der Waals surface area (Å²) in [5, 5.41) is 14.0. The zero-order chi connectivity index (χ0) is 15.4. The Morgan fingerprint density at radius 1 is 1.29 bits per heavy atom. The zero-order valence-electron chi connectivity index (χ0n) is 11.7. The van der Waals surface area contributed by atoms with Crippen molar-refractivity contribution in [3.63, 3.8) is 0 Å². The lowest BCUT2D eigenvalue weighted by molar-refractivity contribution is -0.384. The van der Waals surface area contributed by atoms with Gasteiger partial charge in [-0.2, -0.15) is 0 Å². The van der Waals surface area contributed by atoms with Gasteiger partial charge in [0.15, 0.2) is 0 Å². The van der Waals surface area contributed by atoms with Crippen molar-refractivity contribution in [1.29, 1.82) is 0 Å². The van der Waals surface area contributed by atoms with Crippen LogP contribution in [-0.2, 0) is 6.54 Å². The van der Waals surface area contributed by atoms with Crippen LogP contribution in [0, 0.1) is 17.0 Å².